The van der Waals surface area contributed by atoms with Gasteiger partial charge in [-0.15, -0.1) is 0 Å². The predicted molar refractivity (Wildman–Crippen MR) is 151 cm³/mol. The van der Waals surface area contributed by atoms with Gasteiger partial charge in [0.15, 0.2) is 0 Å². The van der Waals surface area contributed by atoms with Crippen LogP contribution in [0.5, 0.6) is 0 Å². The number of rotatable bonds is 8. The van der Waals surface area contributed by atoms with E-state index in [2.05, 4.69) is 69.8 Å². The lowest BCUT2D eigenvalue weighted by molar-refractivity contribution is 0.631. The molecule has 0 aliphatic rings. The van der Waals surface area contributed by atoms with E-state index in [1.807, 2.05) is 31.2 Å². The highest BCUT2D eigenvalue weighted by Gasteiger charge is 2.16. The van der Waals surface area contributed by atoms with E-state index < -0.39 is 0 Å². The van der Waals surface area contributed by atoms with Gasteiger partial charge >= 0.3 is 0 Å². The summed E-state index contributed by atoms with van der Waals surface area (Å²) in [5.74, 6) is -0.268. The maximum absolute atomic E-state index is 14.6. The number of benzene rings is 2. The molecule has 0 atom stereocenters. The van der Waals surface area contributed by atoms with Crippen molar-refractivity contribution in [3.05, 3.63) is 115 Å². The van der Waals surface area contributed by atoms with Crippen LogP contribution in [0.2, 0.25) is 0 Å². The summed E-state index contributed by atoms with van der Waals surface area (Å²) >= 11 is 0. The number of nitrogens with zero attached hydrogens (tertiary/aromatic N) is 2. The highest BCUT2D eigenvalue weighted by atomic mass is 19.1. The fourth-order valence-corrected chi connectivity index (χ4v) is 4.41. The molecule has 0 aliphatic carbocycles. The van der Waals surface area contributed by atoms with Crippen molar-refractivity contribution in [3.8, 4) is 22.5 Å². The zero-order chi connectivity index (χ0) is 25.9. The average Bonchev–Trinajstić information content (AvgIpc) is 3.54. The number of aromatic nitrogens is 4. The number of fused-ring (bicyclic) bond motifs is 2. The molecule has 0 radical (unpaired) electrons. The number of hydrogen-bond acceptors (Lipinski definition) is 3. The molecule has 3 N–H and O–H groups in total. The number of halogens is 1. The van der Waals surface area contributed by atoms with Gasteiger partial charge in [0.1, 0.15) is 17.2 Å². The van der Waals surface area contributed by atoms with E-state index in [1.54, 1.807) is 24.4 Å². The number of hydrogen-bond donors (Lipinski definition) is 3. The molecule has 5 aromatic rings. The molecule has 6 heteroatoms. The largest absolute Gasteiger partial charge is 0.359 e. The molecule has 37 heavy (non-hydrogen) atoms. The van der Waals surface area contributed by atoms with Gasteiger partial charge in [0.05, 0.1) is 11.2 Å². The number of nitrogens with one attached hydrogen (secondary N) is 3. The minimum Gasteiger partial charge on any atom is -0.359 e. The minimum atomic E-state index is -0.268. The highest BCUT2D eigenvalue weighted by Crippen LogP contribution is 2.35. The molecule has 3 heterocycles. The third-order valence-corrected chi connectivity index (χ3v) is 6.44. The Bertz CT molecular complexity index is 1700. The second-order valence-corrected chi connectivity index (χ2v) is 8.75. The van der Waals surface area contributed by atoms with Crippen LogP contribution in [0.3, 0.4) is 0 Å². The zero-order valence-electron chi connectivity index (χ0n) is 20.9. The van der Waals surface area contributed by atoms with Crippen molar-refractivity contribution in [3.63, 3.8) is 0 Å². The Kier molecular flexibility index (Phi) is 6.56. The summed E-state index contributed by atoms with van der Waals surface area (Å²) in [4.78, 5) is 7.86. The normalized spacial score (nSPS) is 12.3. The van der Waals surface area contributed by atoms with Crippen molar-refractivity contribution in [1.82, 2.24) is 25.5 Å². The van der Waals surface area contributed by atoms with Gasteiger partial charge < -0.3 is 10.3 Å². The molecule has 0 amide bonds. The average molecular weight is 490 g/mol. The van der Waals surface area contributed by atoms with Crippen molar-refractivity contribution >= 4 is 27.5 Å². The van der Waals surface area contributed by atoms with Gasteiger partial charge in [0, 0.05) is 33.9 Å². The minimum absolute atomic E-state index is 0.268. The van der Waals surface area contributed by atoms with Gasteiger partial charge in [-0.1, -0.05) is 50.4 Å². The van der Waals surface area contributed by atoms with Gasteiger partial charge in [-0.2, -0.15) is 5.10 Å². The molecule has 0 spiro atoms. The van der Waals surface area contributed by atoms with Crippen molar-refractivity contribution < 1.29 is 4.39 Å². The Morgan fingerprint density at radius 1 is 1.08 bits per heavy atom. The first kappa shape index (κ1) is 24.0. The number of pyridine rings is 1. The summed E-state index contributed by atoms with van der Waals surface area (Å²) in [5, 5.41) is 12.8. The smallest absolute Gasteiger partial charge is 0.138 e. The van der Waals surface area contributed by atoms with Gasteiger partial charge in [0.2, 0.25) is 0 Å². The van der Waals surface area contributed by atoms with Crippen molar-refractivity contribution in [2.75, 3.05) is 0 Å². The molecule has 0 saturated heterocycles. The van der Waals surface area contributed by atoms with Crippen LogP contribution in [-0.4, -0.2) is 20.2 Å². The highest BCUT2D eigenvalue weighted by molar-refractivity contribution is 6.00. The summed E-state index contributed by atoms with van der Waals surface area (Å²) < 4.78 is 14.6. The van der Waals surface area contributed by atoms with E-state index in [0.717, 1.165) is 62.2 Å². The second-order valence-electron chi connectivity index (χ2n) is 8.75. The van der Waals surface area contributed by atoms with Crippen LogP contribution in [0.15, 0.2) is 104 Å². The van der Waals surface area contributed by atoms with Gasteiger partial charge in [-0.05, 0) is 72.5 Å². The van der Waals surface area contributed by atoms with E-state index in [0.29, 0.717) is 11.2 Å². The summed E-state index contributed by atoms with van der Waals surface area (Å²) in [6, 6.07) is 16.8. The van der Waals surface area contributed by atoms with Gasteiger partial charge in [-0.25, -0.2) is 9.37 Å². The van der Waals surface area contributed by atoms with Crippen LogP contribution < -0.4 is 5.32 Å². The molecule has 0 bridgehead atoms. The van der Waals surface area contributed by atoms with Crippen LogP contribution in [0, 0.1) is 5.82 Å². The number of allylic oxidation sites excluding steroid dienone is 5. The first-order chi connectivity index (χ1) is 18.0. The second kappa shape index (κ2) is 10.1. The lowest BCUT2D eigenvalue weighted by Gasteiger charge is -2.10. The van der Waals surface area contributed by atoms with Crippen molar-refractivity contribution in [2.45, 2.75) is 20.3 Å². The molecule has 5 nitrogen and oxygen atoms in total. The van der Waals surface area contributed by atoms with E-state index in [4.69, 9.17) is 0 Å². The summed E-state index contributed by atoms with van der Waals surface area (Å²) in [7, 11) is 0. The molecule has 3 aromatic heterocycles. The summed E-state index contributed by atoms with van der Waals surface area (Å²) in [6.45, 7) is 12.0. The summed E-state index contributed by atoms with van der Waals surface area (Å²) in [5.41, 5.74) is 8.39. The molecule has 0 unspecified atom stereocenters. The Hall–Kier alpha value is -4.71. The van der Waals surface area contributed by atoms with Crippen molar-refractivity contribution in [2.24, 2.45) is 0 Å². The molecule has 0 fully saturated rings. The molecule has 184 valence electrons. The van der Waals surface area contributed by atoms with Gasteiger partial charge in [0.25, 0.3) is 0 Å². The van der Waals surface area contributed by atoms with E-state index in [1.165, 1.54) is 6.07 Å². The van der Waals surface area contributed by atoms with E-state index >= 15 is 0 Å². The maximum atomic E-state index is 14.6. The standard InChI is InChI=1S/C31H28FN5/c1-5-19(4)34-22(7-3)16-20(6-2)21-12-13-28-26(17-21)30(37-36-28)29-18-25-23(14-15-33-31(25)35-29)24-10-8-9-11-27(24)32/h6-18,34H,3-5H2,1-2H3,(H,33,35)(H,36,37)/b20-6+,22-16+. The van der Waals surface area contributed by atoms with Crippen LogP contribution >= 0.6 is 0 Å². The lowest BCUT2D eigenvalue weighted by atomic mass is 10.0. The fourth-order valence-electron chi connectivity index (χ4n) is 4.41. The fraction of sp³-hybridized carbons (Fsp3) is 0.0968. The predicted octanol–water partition coefficient (Wildman–Crippen LogP) is 7.90. The van der Waals surface area contributed by atoms with Gasteiger partial charge in [-0.3, -0.25) is 5.10 Å². The Labute approximate surface area is 215 Å². The summed E-state index contributed by atoms with van der Waals surface area (Å²) in [6.07, 6.45) is 8.43. The topological polar surface area (TPSA) is 69.4 Å². The molecule has 5 rings (SSSR count). The van der Waals surface area contributed by atoms with Crippen molar-refractivity contribution in [1.29, 1.82) is 0 Å². The zero-order valence-corrected chi connectivity index (χ0v) is 20.9. The van der Waals surface area contributed by atoms with E-state index in [-0.39, 0.29) is 5.82 Å². The van der Waals surface area contributed by atoms with Crippen LogP contribution in [-0.2, 0) is 0 Å². The number of aromatic amines is 2. The van der Waals surface area contributed by atoms with E-state index in [9.17, 15) is 4.39 Å². The quantitative estimate of drug-likeness (QED) is 0.194. The first-order valence-electron chi connectivity index (χ1n) is 12.2. The SMILES string of the molecule is C=C/C(=C\C(=C/C)c1ccc2[nH]nc(-c3cc4c(-c5ccccc5F)ccnc4[nH]3)c2c1)NC(=C)CC. The molecular weight excluding hydrogens is 461 g/mol. The van der Waals surface area contributed by atoms with Crippen LogP contribution in [0.25, 0.3) is 50.0 Å². The Balaban J connectivity index is 1.58. The molecular formula is C31H28FN5. The third kappa shape index (κ3) is 4.61. The molecule has 0 aliphatic heterocycles. The number of H-pyrrole nitrogens is 2. The third-order valence-electron chi connectivity index (χ3n) is 6.44. The molecule has 0 saturated carbocycles. The first-order valence-corrected chi connectivity index (χ1v) is 12.2. The van der Waals surface area contributed by atoms with Crippen LogP contribution in [0.4, 0.5) is 4.39 Å². The Morgan fingerprint density at radius 3 is 2.68 bits per heavy atom. The Morgan fingerprint density at radius 2 is 1.92 bits per heavy atom. The molecule has 2 aromatic carbocycles. The monoisotopic (exact) mass is 489 g/mol. The lowest BCUT2D eigenvalue weighted by Crippen LogP contribution is -2.09. The van der Waals surface area contributed by atoms with Crippen LogP contribution in [0.1, 0.15) is 25.8 Å². The maximum Gasteiger partial charge on any atom is 0.138 e.